The quantitative estimate of drug-likeness (QED) is 0.739. The van der Waals surface area contributed by atoms with Crippen molar-refractivity contribution in [1.29, 1.82) is 0 Å². The second-order valence-corrected chi connectivity index (χ2v) is 9.50. The average molecular weight is 415 g/mol. The molecule has 4 aliphatic rings. The number of hydrogen-bond donors (Lipinski definition) is 0. The van der Waals surface area contributed by atoms with Gasteiger partial charge in [0.25, 0.3) is 0 Å². The van der Waals surface area contributed by atoms with Crippen LogP contribution in [0.2, 0.25) is 0 Å². The molecular weight excluding hydrogens is 380 g/mol. The van der Waals surface area contributed by atoms with Crippen molar-refractivity contribution in [3.05, 3.63) is 24.3 Å². The summed E-state index contributed by atoms with van der Waals surface area (Å²) in [6.07, 6.45) is 6.19. The molecule has 0 radical (unpaired) electrons. The standard InChI is InChI=1S/C24H34N2O4/c1-3-23-10-4-5-22(23)24(17-23)29-16-21(30-24)15-28-20-8-6-19(7-9-20)26-13-11-25(12-14-26)18(2)27/h6-9,21-22H,3-5,10-17H2,1-2H3. The lowest BCUT2D eigenvalue weighted by Crippen LogP contribution is -2.59. The summed E-state index contributed by atoms with van der Waals surface area (Å²) < 4.78 is 18.6. The minimum atomic E-state index is -0.327. The lowest BCUT2D eigenvalue weighted by Gasteiger charge is -2.57. The molecule has 1 aromatic rings. The van der Waals surface area contributed by atoms with Crippen LogP contribution in [0.1, 0.15) is 46.0 Å². The summed E-state index contributed by atoms with van der Waals surface area (Å²) in [7, 11) is 0. The van der Waals surface area contributed by atoms with Gasteiger partial charge in [0, 0.05) is 51.1 Å². The summed E-state index contributed by atoms with van der Waals surface area (Å²) in [6.45, 7) is 8.43. The highest BCUT2D eigenvalue weighted by molar-refractivity contribution is 5.73. The largest absolute Gasteiger partial charge is 0.491 e. The number of rotatable bonds is 5. The van der Waals surface area contributed by atoms with Gasteiger partial charge in [-0.15, -0.1) is 0 Å². The molecule has 0 aromatic heterocycles. The van der Waals surface area contributed by atoms with E-state index in [1.165, 1.54) is 31.4 Å². The number of fused-ring (bicyclic) bond motifs is 2. The first-order valence-corrected chi connectivity index (χ1v) is 11.6. The maximum Gasteiger partial charge on any atom is 0.219 e. The van der Waals surface area contributed by atoms with Crippen LogP contribution in [0.15, 0.2) is 24.3 Å². The first-order chi connectivity index (χ1) is 14.5. The zero-order valence-corrected chi connectivity index (χ0v) is 18.3. The van der Waals surface area contributed by atoms with Crippen LogP contribution >= 0.6 is 0 Å². The molecule has 5 rings (SSSR count). The van der Waals surface area contributed by atoms with E-state index in [-0.39, 0.29) is 17.8 Å². The van der Waals surface area contributed by atoms with Crippen molar-refractivity contribution < 1.29 is 19.0 Å². The van der Waals surface area contributed by atoms with Crippen LogP contribution in [-0.2, 0) is 14.3 Å². The lowest BCUT2D eigenvalue weighted by atomic mass is 9.56. The van der Waals surface area contributed by atoms with E-state index in [0.29, 0.717) is 24.5 Å². The van der Waals surface area contributed by atoms with Gasteiger partial charge in [-0.05, 0) is 48.9 Å². The molecule has 1 amide bonds. The minimum Gasteiger partial charge on any atom is -0.491 e. The fourth-order valence-corrected chi connectivity index (χ4v) is 6.23. The van der Waals surface area contributed by atoms with Gasteiger partial charge in [-0.1, -0.05) is 13.3 Å². The SMILES string of the molecule is CCC12CCCC1C1(C2)OCC(COc2ccc(N3CCN(C(C)=O)CC3)cc2)O1. The maximum atomic E-state index is 11.5. The molecule has 1 spiro atoms. The van der Waals surface area contributed by atoms with E-state index in [9.17, 15) is 4.79 Å². The second kappa shape index (κ2) is 7.72. The van der Waals surface area contributed by atoms with E-state index in [1.54, 1.807) is 6.92 Å². The summed E-state index contributed by atoms with van der Waals surface area (Å²) >= 11 is 0. The highest BCUT2D eigenvalue weighted by Crippen LogP contribution is 2.67. The summed E-state index contributed by atoms with van der Waals surface area (Å²) in [5.74, 6) is 1.27. The molecule has 4 fully saturated rings. The van der Waals surface area contributed by atoms with Crippen molar-refractivity contribution in [3.63, 3.8) is 0 Å². The molecule has 0 N–H and O–H groups in total. The van der Waals surface area contributed by atoms with Crippen LogP contribution in [0.3, 0.4) is 0 Å². The topological polar surface area (TPSA) is 51.2 Å². The monoisotopic (exact) mass is 414 g/mol. The van der Waals surface area contributed by atoms with E-state index in [4.69, 9.17) is 14.2 Å². The summed E-state index contributed by atoms with van der Waals surface area (Å²) in [6, 6.07) is 8.26. The number of ether oxygens (including phenoxy) is 3. The molecular formula is C24H34N2O4. The predicted octanol–water partition coefficient (Wildman–Crippen LogP) is 3.45. The number of amides is 1. The zero-order valence-electron chi connectivity index (χ0n) is 18.3. The van der Waals surface area contributed by atoms with Crippen molar-refractivity contribution in [1.82, 2.24) is 4.90 Å². The molecule has 1 aromatic carbocycles. The van der Waals surface area contributed by atoms with Gasteiger partial charge in [-0.2, -0.15) is 0 Å². The molecule has 6 nitrogen and oxygen atoms in total. The highest BCUT2D eigenvalue weighted by Gasteiger charge is 2.68. The highest BCUT2D eigenvalue weighted by atomic mass is 16.8. The first kappa shape index (κ1) is 20.1. The van der Waals surface area contributed by atoms with Crippen LogP contribution in [0.4, 0.5) is 5.69 Å². The third-order valence-corrected chi connectivity index (χ3v) is 7.98. The zero-order chi connectivity index (χ0) is 20.8. The third kappa shape index (κ3) is 3.38. The van der Waals surface area contributed by atoms with E-state index in [0.717, 1.165) is 38.3 Å². The minimum absolute atomic E-state index is 0.0137. The summed E-state index contributed by atoms with van der Waals surface area (Å²) in [5, 5.41) is 0. The number of nitrogens with zero attached hydrogens (tertiary/aromatic N) is 2. The van der Waals surface area contributed by atoms with Crippen LogP contribution in [0.25, 0.3) is 0 Å². The van der Waals surface area contributed by atoms with Crippen molar-refractivity contribution in [3.8, 4) is 5.75 Å². The maximum absolute atomic E-state index is 11.5. The smallest absolute Gasteiger partial charge is 0.219 e. The Morgan fingerprint density at radius 2 is 1.97 bits per heavy atom. The Hall–Kier alpha value is -1.79. The fourth-order valence-electron chi connectivity index (χ4n) is 6.23. The Morgan fingerprint density at radius 1 is 1.20 bits per heavy atom. The van der Waals surface area contributed by atoms with Crippen molar-refractivity contribution in [2.75, 3.05) is 44.3 Å². The molecule has 0 bridgehead atoms. The second-order valence-electron chi connectivity index (χ2n) is 9.50. The molecule has 4 atom stereocenters. The van der Waals surface area contributed by atoms with Gasteiger partial charge in [-0.25, -0.2) is 0 Å². The Labute approximate surface area is 179 Å². The van der Waals surface area contributed by atoms with Gasteiger partial charge in [0.15, 0.2) is 5.79 Å². The first-order valence-electron chi connectivity index (χ1n) is 11.6. The van der Waals surface area contributed by atoms with Gasteiger partial charge in [0.1, 0.15) is 18.5 Å². The normalized spacial score (nSPS) is 35.4. The molecule has 2 heterocycles. The Balaban J connectivity index is 1.11. The summed E-state index contributed by atoms with van der Waals surface area (Å²) in [4.78, 5) is 15.7. The van der Waals surface area contributed by atoms with Gasteiger partial charge in [0.2, 0.25) is 5.91 Å². The Kier molecular flexibility index (Phi) is 5.18. The molecule has 4 unspecified atom stereocenters. The number of benzene rings is 1. The predicted molar refractivity (Wildman–Crippen MR) is 115 cm³/mol. The number of piperazine rings is 1. The lowest BCUT2D eigenvalue weighted by molar-refractivity contribution is -0.308. The van der Waals surface area contributed by atoms with E-state index < -0.39 is 0 Å². The number of hydrogen-bond acceptors (Lipinski definition) is 5. The molecule has 30 heavy (non-hydrogen) atoms. The molecule has 2 aliphatic heterocycles. The molecule has 6 heteroatoms. The van der Waals surface area contributed by atoms with Crippen molar-refractivity contribution in [2.24, 2.45) is 11.3 Å². The van der Waals surface area contributed by atoms with Crippen LogP contribution < -0.4 is 9.64 Å². The molecule has 164 valence electrons. The van der Waals surface area contributed by atoms with E-state index >= 15 is 0 Å². The van der Waals surface area contributed by atoms with E-state index in [2.05, 4.69) is 24.0 Å². The molecule has 2 saturated heterocycles. The van der Waals surface area contributed by atoms with E-state index in [1.807, 2.05) is 17.0 Å². The Morgan fingerprint density at radius 3 is 2.67 bits per heavy atom. The van der Waals surface area contributed by atoms with Gasteiger partial charge in [0.05, 0.1) is 6.61 Å². The van der Waals surface area contributed by atoms with Crippen molar-refractivity contribution >= 4 is 11.6 Å². The number of carbonyl (C=O) groups excluding carboxylic acids is 1. The average Bonchev–Trinajstić information content (AvgIpc) is 3.35. The van der Waals surface area contributed by atoms with Crippen LogP contribution in [-0.4, -0.2) is 62.1 Å². The van der Waals surface area contributed by atoms with Gasteiger partial charge >= 0.3 is 0 Å². The van der Waals surface area contributed by atoms with Gasteiger partial charge in [-0.3, -0.25) is 4.79 Å². The fraction of sp³-hybridized carbons (Fsp3) is 0.708. The number of anilines is 1. The third-order valence-electron chi connectivity index (χ3n) is 7.98. The van der Waals surface area contributed by atoms with Crippen LogP contribution in [0.5, 0.6) is 5.75 Å². The van der Waals surface area contributed by atoms with Crippen molar-refractivity contribution in [2.45, 2.75) is 57.8 Å². The van der Waals surface area contributed by atoms with Crippen LogP contribution in [0, 0.1) is 11.3 Å². The van der Waals surface area contributed by atoms with Gasteiger partial charge < -0.3 is 24.0 Å². The molecule has 2 saturated carbocycles. The summed E-state index contributed by atoms with van der Waals surface area (Å²) in [5.41, 5.74) is 1.65. The Bertz CT molecular complexity index is 776. The molecule has 2 aliphatic carbocycles. The number of carbonyl (C=O) groups is 1.